The molecule has 2 saturated carbocycles. The summed E-state index contributed by atoms with van der Waals surface area (Å²) in [6.45, 7) is 4.59. The van der Waals surface area contributed by atoms with Crippen LogP contribution in [0, 0.1) is 17.8 Å². The van der Waals surface area contributed by atoms with Crippen LogP contribution >= 0.6 is 0 Å². The molecule has 0 spiro atoms. The van der Waals surface area contributed by atoms with Crippen LogP contribution in [0.15, 0.2) is 42.5 Å². The Morgan fingerprint density at radius 3 is 2.16 bits per heavy atom. The molecular formula is C29H40N2. The highest BCUT2D eigenvalue weighted by atomic mass is 15.1. The van der Waals surface area contributed by atoms with Gasteiger partial charge in [0.25, 0.3) is 0 Å². The number of rotatable bonds is 7. The van der Waals surface area contributed by atoms with Gasteiger partial charge >= 0.3 is 0 Å². The van der Waals surface area contributed by atoms with Crippen molar-refractivity contribution in [3.05, 3.63) is 59.2 Å². The highest BCUT2D eigenvalue weighted by Crippen LogP contribution is 2.37. The lowest BCUT2D eigenvalue weighted by Crippen LogP contribution is -2.36. The fourth-order valence-corrected chi connectivity index (χ4v) is 6.51. The third-order valence-corrected chi connectivity index (χ3v) is 8.32. The molecule has 0 radical (unpaired) electrons. The number of fused-ring (bicyclic) bond motifs is 3. The van der Waals surface area contributed by atoms with Gasteiger partial charge in [-0.15, -0.1) is 0 Å². The van der Waals surface area contributed by atoms with Crippen molar-refractivity contribution in [2.45, 2.75) is 70.8 Å². The molecule has 0 amide bonds. The van der Waals surface area contributed by atoms with E-state index < -0.39 is 0 Å². The average Bonchev–Trinajstić information content (AvgIpc) is 3.18. The van der Waals surface area contributed by atoms with Crippen molar-refractivity contribution in [3.8, 4) is 11.1 Å². The minimum absolute atomic E-state index is 0.779. The molecule has 3 aliphatic carbocycles. The van der Waals surface area contributed by atoms with Gasteiger partial charge in [0.2, 0.25) is 0 Å². The molecule has 31 heavy (non-hydrogen) atoms. The highest BCUT2D eigenvalue weighted by Gasteiger charge is 2.25. The summed E-state index contributed by atoms with van der Waals surface area (Å²) in [6, 6.07) is 16.2. The van der Waals surface area contributed by atoms with Gasteiger partial charge < -0.3 is 5.73 Å². The summed E-state index contributed by atoms with van der Waals surface area (Å²) < 4.78 is 0. The molecular weight excluding hydrogens is 376 g/mol. The van der Waals surface area contributed by atoms with E-state index in [1.165, 1.54) is 98.7 Å². The Balaban J connectivity index is 1.28. The first-order valence-corrected chi connectivity index (χ1v) is 12.9. The fraction of sp³-hybridized carbons (Fsp3) is 0.586. The molecule has 2 aromatic carbocycles. The zero-order chi connectivity index (χ0) is 21.0. The van der Waals surface area contributed by atoms with Gasteiger partial charge in [0.15, 0.2) is 0 Å². The smallest absolute Gasteiger partial charge is 0.0234 e. The molecule has 0 bridgehead atoms. The Kier molecular flexibility index (Phi) is 6.76. The SMILES string of the molecule is NCC1CCC(CN(Cc2ccc3c(c2)Cc2ccccc2-3)CC2CCCCC2)CC1. The van der Waals surface area contributed by atoms with Crippen LogP contribution in [0.3, 0.4) is 0 Å². The zero-order valence-electron chi connectivity index (χ0n) is 19.2. The Labute approximate surface area is 189 Å². The molecule has 0 atom stereocenters. The number of nitrogens with two attached hydrogens (primary N) is 1. The van der Waals surface area contributed by atoms with E-state index in [-0.39, 0.29) is 0 Å². The predicted molar refractivity (Wildman–Crippen MR) is 131 cm³/mol. The Morgan fingerprint density at radius 1 is 0.710 bits per heavy atom. The Hall–Kier alpha value is -1.64. The maximum atomic E-state index is 5.94. The average molecular weight is 417 g/mol. The molecule has 2 aromatic rings. The van der Waals surface area contributed by atoms with E-state index in [2.05, 4.69) is 47.4 Å². The summed E-state index contributed by atoms with van der Waals surface area (Å²) in [4.78, 5) is 2.83. The summed E-state index contributed by atoms with van der Waals surface area (Å²) >= 11 is 0. The van der Waals surface area contributed by atoms with Gasteiger partial charge in [0.1, 0.15) is 0 Å². The van der Waals surface area contributed by atoms with Crippen LogP contribution in [0.2, 0.25) is 0 Å². The second-order valence-electron chi connectivity index (χ2n) is 10.6. The lowest BCUT2D eigenvalue weighted by Gasteiger charge is -2.35. The lowest BCUT2D eigenvalue weighted by molar-refractivity contribution is 0.143. The van der Waals surface area contributed by atoms with E-state index in [1.807, 2.05) is 0 Å². The second-order valence-corrected chi connectivity index (χ2v) is 10.6. The van der Waals surface area contributed by atoms with Gasteiger partial charge in [0.05, 0.1) is 0 Å². The van der Waals surface area contributed by atoms with E-state index in [1.54, 1.807) is 0 Å². The third-order valence-electron chi connectivity index (χ3n) is 8.32. The number of hydrogen-bond donors (Lipinski definition) is 1. The van der Waals surface area contributed by atoms with Gasteiger partial charge in [-0.05, 0) is 97.1 Å². The van der Waals surface area contributed by atoms with Gasteiger partial charge in [-0.1, -0.05) is 61.7 Å². The van der Waals surface area contributed by atoms with Crippen LogP contribution in [0.5, 0.6) is 0 Å². The van der Waals surface area contributed by atoms with Crippen molar-refractivity contribution in [1.29, 1.82) is 0 Å². The molecule has 3 aliphatic rings. The molecule has 0 aliphatic heterocycles. The molecule has 0 heterocycles. The van der Waals surface area contributed by atoms with Crippen LogP contribution in [0.1, 0.15) is 74.5 Å². The number of hydrogen-bond acceptors (Lipinski definition) is 2. The summed E-state index contributed by atoms with van der Waals surface area (Å²) in [5, 5.41) is 0. The van der Waals surface area contributed by atoms with Crippen LogP contribution in [-0.2, 0) is 13.0 Å². The van der Waals surface area contributed by atoms with Crippen molar-refractivity contribution in [1.82, 2.24) is 4.90 Å². The molecule has 2 nitrogen and oxygen atoms in total. The molecule has 2 N–H and O–H groups in total. The largest absolute Gasteiger partial charge is 0.330 e. The van der Waals surface area contributed by atoms with Crippen LogP contribution in [0.4, 0.5) is 0 Å². The van der Waals surface area contributed by atoms with Crippen molar-refractivity contribution >= 4 is 0 Å². The first-order valence-electron chi connectivity index (χ1n) is 12.9. The van der Waals surface area contributed by atoms with Gasteiger partial charge in [-0.3, -0.25) is 4.90 Å². The summed E-state index contributed by atoms with van der Waals surface area (Å²) in [5.74, 6) is 2.55. The number of nitrogens with zero attached hydrogens (tertiary/aromatic N) is 1. The van der Waals surface area contributed by atoms with E-state index in [0.29, 0.717) is 0 Å². The maximum Gasteiger partial charge on any atom is 0.0234 e. The van der Waals surface area contributed by atoms with Crippen molar-refractivity contribution in [2.24, 2.45) is 23.5 Å². The topological polar surface area (TPSA) is 29.3 Å². The van der Waals surface area contributed by atoms with Crippen molar-refractivity contribution in [3.63, 3.8) is 0 Å². The Morgan fingerprint density at radius 2 is 1.39 bits per heavy atom. The van der Waals surface area contributed by atoms with E-state index in [0.717, 1.165) is 37.3 Å². The molecule has 5 rings (SSSR count). The van der Waals surface area contributed by atoms with Gasteiger partial charge in [-0.2, -0.15) is 0 Å². The van der Waals surface area contributed by atoms with Crippen LogP contribution < -0.4 is 5.73 Å². The predicted octanol–water partition coefficient (Wildman–Crippen LogP) is 6.41. The monoisotopic (exact) mass is 416 g/mol. The van der Waals surface area contributed by atoms with E-state index in [9.17, 15) is 0 Å². The molecule has 2 fully saturated rings. The lowest BCUT2D eigenvalue weighted by atomic mass is 9.81. The molecule has 0 saturated heterocycles. The first-order chi connectivity index (χ1) is 15.3. The molecule has 166 valence electrons. The minimum atomic E-state index is 0.779. The molecule has 0 unspecified atom stereocenters. The zero-order valence-corrected chi connectivity index (χ0v) is 19.2. The van der Waals surface area contributed by atoms with Crippen LogP contribution in [0.25, 0.3) is 11.1 Å². The van der Waals surface area contributed by atoms with E-state index >= 15 is 0 Å². The summed E-state index contributed by atoms with van der Waals surface area (Å²) in [7, 11) is 0. The summed E-state index contributed by atoms with van der Waals surface area (Å²) in [6.07, 6.45) is 13.8. The van der Waals surface area contributed by atoms with Gasteiger partial charge in [-0.25, -0.2) is 0 Å². The normalized spacial score (nSPS) is 23.7. The Bertz CT molecular complexity index is 859. The summed E-state index contributed by atoms with van der Waals surface area (Å²) in [5.41, 5.74) is 13.4. The van der Waals surface area contributed by atoms with Gasteiger partial charge in [0, 0.05) is 19.6 Å². The number of benzene rings is 2. The van der Waals surface area contributed by atoms with Crippen LogP contribution in [-0.4, -0.2) is 24.5 Å². The fourth-order valence-electron chi connectivity index (χ4n) is 6.51. The maximum absolute atomic E-state index is 5.94. The highest BCUT2D eigenvalue weighted by molar-refractivity contribution is 5.76. The van der Waals surface area contributed by atoms with Crippen molar-refractivity contribution < 1.29 is 0 Å². The molecule has 0 aromatic heterocycles. The minimum Gasteiger partial charge on any atom is -0.330 e. The molecule has 2 heteroatoms. The third kappa shape index (κ3) is 5.07. The van der Waals surface area contributed by atoms with Crippen molar-refractivity contribution in [2.75, 3.05) is 19.6 Å². The van der Waals surface area contributed by atoms with E-state index in [4.69, 9.17) is 5.73 Å². The standard InChI is InChI=1S/C29H40N2/c30-18-22-10-12-24(13-11-22)20-31(19-23-6-2-1-3-7-23)21-25-14-15-29-27(16-25)17-26-8-4-5-9-28(26)29/h4-5,8-9,14-16,22-24H,1-3,6-7,10-13,17-21,30H2. The first kappa shape index (κ1) is 21.2. The second kappa shape index (κ2) is 9.88. The quantitative estimate of drug-likeness (QED) is 0.482.